The van der Waals surface area contributed by atoms with E-state index in [2.05, 4.69) is 0 Å². The Bertz CT molecular complexity index is 919. The molecular weight excluding hydrogens is 366 g/mol. The van der Waals surface area contributed by atoms with Crippen molar-refractivity contribution < 1.29 is 22.7 Å². The molecule has 0 aliphatic rings. The minimum absolute atomic E-state index is 0.0261. The molecule has 27 heavy (non-hydrogen) atoms. The third kappa shape index (κ3) is 4.81. The van der Waals surface area contributed by atoms with Crippen LogP contribution in [0.25, 0.3) is 0 Å². The predicted molar refractivity (Wildman–Crippen MR) is 102 cm³/mol. The van der Waals surface area contributed by atoms with Crippen LogP contribution >= 0.6 is 0 Å². The Morgan fingerprint density at radius 2 is 1.63 bits per heavy atom. The summed E-state index contributed by atoms with van der Waals surface area (Å²) in [4.78, 5) is 24.5. The van der Waals surface area contributed by atoms with E-state index >= 15 is 0 Å². The fourth-order valence-electron chi connectivity index (χ4n) is 2.61. The van der Waals surface area contributed by atoms with Crippen molar-refractivity contribution in [3.63, 3.8) is 0 Å². The molecule has 0 saturated carbocycles. The van der Waals surface area contributed by atoms with Crippen molar-refractivity contribution in [2.75, 3.05) is 19.7 Å². The SMILES string of the molecule is CCN(CC)S(=O)(=O)c1ccc(C)c(C(=O)OCC(=O)c2ccccc2)c1. The quantitative estimate of drug-likeness (QED) is 0.512. The Morgan fingerprint density at radius 1 is 1.00 bits per heavy atom. The van der Waals surface area contributed by atoms with Crippen molar-refractivity contribution in [1.29, 1.82) is 0 Å². The largest absolute Gasteiger partial charge is 0.454 e. The number of carbonyl (C=O) groups excluding carboxylic acids is 2. The van der Waals surface area contributed by atoms with Crippen molar-refractivity contribution in [3.8, 4) is 0 Å². The molecule has 0 saturated heterocycles. The molecule has 2 rings (SSSR count). The first-order valence-corrected chi connectivity index (χ1v) is 10.1. The number of ether oxygens (including phenoxy) is 1. The van der Waals surface area contributed by atoms with Crippen LogP contribution in [0.15, 0.2) is 53.4 Å². The lowest BCUT2D eigenvalue weighted by molar-refractivity contribution is 0.0473. The van der Waals surface area contributed by atoms with Crippen molar-refractivity contribution in [3.05, 3.63) is 65.2 Å². The third-order valence-corrected chi connectivity index (χ3v) is 6.25. The summed E-state index contributed by atoms with van der Waals surface area (Å²) >= 11 is 0. The maximum absolute atomic E-state index is 12.7. The van der Waals surface area contributed by atoms with Crippen LogP contribution in [-0.4, -0.2) is 44.2 Å². The molecule has 6 nitrogen and oxygen atoms in total. The van der Waals surface area contributed by atoms with Crippen LogP contribution < -0.4 is 0 Å². The Hall–Kier alpha value is -2.51. The zero-order chi connectivity index (χ0) is 20.0. The zero-order valence-electron chi connectivity index (χ0n) is 15.6. The molecule has 0 atom stereocenters. The molecule has 0 heterocycles. The molecule has 0 unspecified atom stereocenters. The van der Waals surface area contributed by atoms with Gasteiger partial charge in [0.15, 0.2) is 12.4 Å². The Balaban J connectivity index is 2.20. The molecule has 0 N–H and O–H groups in total. The van der Waals surface area contributed by atoms with Crippen LogP contribution in [-0.2, 0) is 14.8 Å². The second kappa shape index (κ2) is 8.92. The van der Waals surface area contributed by atoms with E-state index in [1.54, 1.807) is 57.2 Å². The number of hydrogen-bond donors (Lipinski definition) is 0. The molecule has 7 heteroatoms. The van der Waals surface area contributed by atoms with Crippen LogP contribution in [0.5, 0.6) is 0 Å². The summed E-state index contributed by atoms with van der Waals surface area (Å²) in [5.41, 5.74) is 1.15. The van der Waals surface area contributed by atoms with E-state index in [1.165, 1.54) is 16.4 Å². The minimum Gasteiger partial charge on any atom is -0.454 e. The summed E-state index contributed by atoms with van der Waals surface area (Å²) in [6, 6.07) is 12.8. The summed E-state index contributed by atoms with van der Waals surface area (Å²) in [5.74, 6) is -1.05. The van der Waals surface area contributed by atoms with Gasteiger partial charge in [-0.3, -0.25) is 4.79 Å². The number of sulfonamides is 1. The molecule has 0 fully saturated rings. The van der Waals surface area contributed by atoms with Gasteiger partial charge in [0.2, 0.25) is 10.0 Å². The molecule has 2 aromatic carbocycles. The predicted octanol–water partition coefficient (Wildman–Crippen LogP) is 3.07. The maximum atomic E-state index is 12.7. The van der Waals surface area contributed by atoms with E-state index in [1.807, 2.05) is 0 Å². The van der Waals surface area contributed by atoms with Crippen LogP contribution in [0.2, 0.25) is 0 Å². The Morgan fingerprint density at radius 3 is 2.22 bits per heavy atom. The topological polar surface area (TPSA) is 80.8 Å². The zero-order valence-corrected chi connectivity index (χ0v) is 16.5. The highest BCUT2D eigenvalue weighted by Gasteiger charge is 2.24. The lowest BCUT2D eigenvalue weighted by Gasteiger charge is -2.19. The van der Waals surface area contributed by atoms with E-state index in [0.717, 1.165) is 0 Å². The van der Waals surface area contributed by atoms with Gasteiger partial charge < -0.3 is 4.74 Å². The van der Waals surface area contributed by atoms with E-state index in [9.17, 15) is 18.0 Å². The second-order valence-corrected chi connectivity index (χ2v) is 7.87. The lowest BCUT2D eigenvalue weighted by Crippen LogP contribution is -2.30. The van der Waals surface area contributed by atoms with Gasteiger partial charge >= 0.3 is 5.97 Å². The van der Waals surface area contributed by atoms with E-state index < -0.39 is 22.6 Å². The lowest BCUT2D eigenvalue weighted by atomic mass is 10.1. The van der Waals surface area contributed by atoms with Crippen LogP contribution in [0.1, 0.15) is 40.1 Å². The van der Waals surface area contributed by atoms with Crippen LogP contribution in [0.3, 0.4) is 0 Å². The molecule has 0 amide bonds. The average Bonchev–Trinajstić information content (AvgIpc) is 2.67. The highest BCUT2D eigenvalue weighted by Crippen LogP contribution is 2.20. The first-order valence-electron chi connectivity index (χ1n) is 8.67. The number of benzene rings is 2. The van der Waals surface area contributed by atoms with Gasteiger partial charge in [0.1, 0.15) is 0 Å². The standard InChI is InChI=1S/C20H23NO5S/c1-4-21(5-2)27(24,25)17-12-11-15(3)18(13-17)20(23)26-14-19(22)16-9-7-6-8-10-16/h6-13H,4-5,14H2,1-3H3. The Labute approximate surface area is 159 Å². The molecule has 0 aromatic heterocycles. The van der Waals surface area contributed by atoms with Gasteiger partial charge in [0.25, 0.3) is 0 Å². The second-order valence-electron chi connectivity index (χ2n) is 5.93. The minimum atomic E-state index is -3.69. The van der Waals surface area contributed by atoms with E-state index in [0.29, 0.717) is 24.2 Å². The smallest absolute Gasteiger partial charge is 0.338 e. The first kappa shape index (κ1) is 20.8. The molecule has 0 radical (unpaired) electrons. The van der Waals surface area contributed by atoms with Gasteiger partial charge in [-0.25, -0.2) is 13.2 Å². The van der Waals surface area contributed by atoms with Crippen molar-refractivity contribution in [2.24, 2.45) is 0 Å². The highest BCUT2D eigenvalue weighted by molar-refractivity contribution is 7.89. The van der Waals surface area contributed by atoms with Crippen molar-refractivity contribution in [2.45, 2.75) is 25.7 Å². The van der Waals surface area contributed by atoms with Crippen LogP contribution in [0, 0.1) is 6.92 Å². The number of rotatable bonds is 8. The molecular formula is C20H23NO5S. The summed E-state index contributed by atoms with van der Waals surface area (Å²) in [5, 5.41) is 0. The fraction of sp³-hybridized carbons (Fsp3) is 0.300. The molecule has 0 bridgehead atoms. The van der Waals surface area contributed by atoms with Crippen molar-refractivity contribution >= 4 is 21.8 Å². The number of esters is 1. The number of nitrogens with zero attached hydrogens (tertiary/aromatic N) is 1. The summed E-state index contributed by atoms with van der Waals surface area (Å²) in [7, 11) is -3.69. The Kier molecular flexibility index (Phi) is 6.87. The van der Waals surface area contributed by atoms with Crippen molar-refractivity contribution in [1.82, 2.24) is 4.31 Å². The highest BCUT2D eigenvalue weighted by atomic mass is 32.2. The van der Waals surface area contributed by atoms with Gasteiger partial charge in [-0.1, -0.05) is 50.2 Å². The number of hydrogen-bond acceptors (Lipinski definition) is 5. The summed E-state index contributed by atoms with van der Waals surface area (Å²) < 4.78 is 31.7. The summed E-state index contributed by atoms with van der Waals surface area (Å²) in [6.45, 7) is 5.44. The molecule has 0 aliphatic carbocycles. The average molecular weight is 389 g/mol. The van der Waals surface area contributed by atoms with E-state index in [-0.39, 0.29) is 16.2 Å². The molecule has 0 spiro atoms. The number of Topliss-reactive ketones (excluding diaryl/α,β-unsaturated/α-hetero) is 1. The van der Waals surface area contributed by atoms with Crippen LogP contribution in [0.4, 0.5) is 0 Å². The number of carbonyl (C=O) groups is 2. The molecule has 144 valence electrons. The number of ketones is 1. The maximum Gasteiger partial charge on any atom is 0.338 e. The third-order valence-electron chi connectivity index (χ3n) is 4.20. The molecule has 0 aliphatic heterocycles. The van der Waals surface area contributed by atoms with Gasteiger partial charge in [-0.05, 0) is 24.6 Å². The first-order chi connectivity index (χ1) is 12.8. The van der Waals surface area contributed by atoms with Gasteiger partial charge in [0, 0.05) is 18.7 Å². The normalized spacial score (nSPS) is 11.4. The monoisotopic (exact) mass is 389 g/mol. The van der Waals surface area contributed by atoms with Gasteiger partial charge in [0.05, 0.1) is 10.5 Å². The van der Waals surface area contributed by atoms with Gasteiger partial charge in [-0.2, -0.15) is 4.31 Å². The summed E-state index contributed by atoms with van der Waals surface area (Å²) in [6.07, 6.45) is 0. The fourth-order valence-corrected chi connectivity index (χ4v) is 4.10. The van der Waals surface area contributed by atoms with E-state index in [4.69, 9.17) is 4.74 Å². The van der Waals surface area contributed by atoms with Gasteiger partial charge in [-0.15, -0.1) is 0 Å². The number of aryl methyl sites for hydroxylation is 1. The molecule has 2 aromatic rings.